The van der Waals surface area contributed by atoms with Gasteiger partial charge >= 0.3 is 5.97 Å². The van der Waals surface area contributed by atoms with Crippen molar-refractivity contribution in [1.29, 1.82) is 0 Å². The number of allylic oxidation sites excluding steroid dienone is 2. The third kappa shape index (κ3) is 2.26. The summed E-state index contributed by atoms with van der Waals surface area (Å²) in [5.74, 6) is -1.63. The number of fused-ring (bicyclic) bond motifs is 1. The van der Waals surface area contributed by atoms with Gasteiger partial charge in [0, 0.05) is 5.92 Å². The molecule has 0 amide bonds. The van der Waals surface area contributed by atoms with Gasteiger partial charge in [-0.05, 0) is 31.0 Å². The third-order valence-electron chi connectivity index (χ3n) is 3.43. The van der Waals surface area contributed by atoms with E-state index in [0.29, 0.717) is 12.8 Å². The Balaban J connectivity index is 2.02. The molecule has 1 aliphatic rings. The second-order valence-electron chi connectivity index (χ2n) is 4.66. The number of nitrogens with zero attached hydrogens (tertiary/aromatic N) is 1. The molecule has 0 saturated heterocycles. The second-order valence-corrected chi connectivity index (χ2v) is 5.72. The van der Waals surface area contributed by atoms with Crippen LogP contribution in [0.3, 0.4) is 0 Å². The van der Waals surface area contributed by atoms with Crippen LogP contribution in [0, 0.1) is 11.7 Å². The van der Waals surface area contributed by atoms with Crippen LogP contribution in [0.15, 0.2) is 30.4 Å². The summed E-state index contributed by atoms with van der Waals surface area (Å²) >= 11 is 1.39. The highest BCUT2D eigenvalue weighted by molar-refractivity contribution is 7.18. The molecule has 19 heavy (non-hydrogen) atoms. The molecule has 0 fully saturated rings. The standard InChI is InChI=1S/C14H12FNO2S/c15-8-5-6-11-12(7-8)19-13(16-11)9-3-1-2-4-10(9)14(17)18/h1-2,5-7,9-10H,3-4H2,(H,17,18). The summed E-state index contributed by atoms with van der Waals surface area (Å²) in [7, 11) is 0. The van der Waals surface area contributed by atoms with Crippen molar-refractivity contribution in [3.8, 4) is 0 Å². The number of hydrogen-bond acceptors (Lipinski definition) is 3. The van der Waals surface area contributed by atoms with Crippen molar-refractivity contribution < 1.29 is 14.3 Å². The molecule has 0 saturated carbocycles. The van der Waals surface area contributed by atoms with E-state index < -0.39 is 11.9 Å². The summed E-state index contributed by atoms with van der Waals surface area (Å²) < 4.78 is 13.9. The Kier molecular flexibility index (Phi) is 3.06. The van der Waals surface area contributed by atoms with Gasteiger partial charge in [-0.3, -0.25) is 4.79 Å². The zero-order valence-corrected chi connectivity index (χ0v) is 10.9. The molecule has 1 aromatic heterocycles. The molecule has 0 bridgehead atoms. The Morgan fingerprint density at radius 3 is 2.95 bits per heavy atom. The van der Waals surface area contributed by atoms with Gasteiger partial charge in [0.05, 0.1) is 21.1 Å². The lowest BCUT2D eigenvalue weighted by atomic mass is 9.83. The van der Waals surface area contributed by atoms with Gasteiger partial charge in [-0.15, -0.1) is 11.3 Å². The smallest absolute Gasteiger partial charge is 0.307 e. The van der Waals surface area contributed by atoms with E-state index in [1.165, 1.54) is 23.5 Å². The zero-order valence-electron chi connectivity index (χ0n) is 10.0. The fraction of sp³-hybridized carbons (Fsp3) is 0.286. The molecule has 3 nitrogen and oxygen atoms in total. The first-order valence-corrected chi connectivity index (χ1v) is 6.90. The van der Waals surface area contributed by atoms with Gasteiger partial charge in [0.1, 0.15) is 5.82 Å². The topological polar surface area (TPSA) is 50.2 Å². The first-order valence-electron chi connectivity index (χ1n) is 6.09. The van der Waals surface area contributed by atoms with Gasteiger partial charge in [-0.1, -0.05) is 12.2 Å². The molecule has 2 unspecified atom stereocenters. The van der Waals surface area contributed by atoms with Crippen molar-refractivity contribution in [1.82, 2.24) is 4.98 Å². The van der Waals surface area contributed by atoms with Gasteiger partial charge in [0.2, 0.25) is 0 Å². The van der Waals surface area contributed by atoms with E-state index in [9.17, 15) is 14.3 Å². The summed E-state index contributed by atoms with van der Waals surface area (Å²) in [5.41, 5.74) is 0.736. The molecule has 0 radical (unpaired) electrons. The van der Waals surface area contributed by atoms with E-state index in [2.05, 4.69) is 4.98 Å². The van der Waals surface area contributed by atoms with E-state index in [1.807, 2.05) is 12.2 Å². The van der Waals surface area contributed by atoms with E-state index in [-0.39, 0.29) is 11.7 Å². The Labute approximate surface area is 113 Å². The molecule has 0 spiro atoms. The van der Waals surface area contributed by atoms with E-state index in [1.54, 1.807) is 6.07 Å². The second kappa shape index (κ2) is 4.74. The van der Waals surface area contributed by atoms with Gasteiger partial charge in [-0.25, -0.2) is 9.37 Å². The summed E-state index contributed by atoms with van der Waals surface area (Å²) in [4.78, 5) is 15.8. The Hall–Kier alpha value is -1.75. The van der Waals surface area contributed by atoms with Crippen molar-refractivity contribution >= 4 is 27.5 Å². The molecule has 1 heterocycles. The molecule has 98 valence electrons. The predicted octanol–water partition coefficient (Wildman–Crippen LogP) is 3.57. The van der Waals surface area contributed by atoms with Gasteiger partial charge < -0.3 is 5.11 Å². The molecule has 0 aliphatic heterocycles. The number of carboxylic acid groups (broad SMARTS) is 1. The van der Waals surface area contributed by atoms with Crippen LogP contribution in [-0.4, -0.2) is 16.1 Å². The fourth-order valence-electron chi connectivity index (χ4n) is 2.43. The maximum absolute atomic E-state index is 13.2. The van der Waals surface area contributed by atoms with Crippen LogP contribution in [0.25, 0.3) is 10.2 Å². The normalized spacial score (nSPS) is 22.8. The number of benzene rings is 1. The van der Waals surface area contributed by atoms with E-state index >= 15 is 0 Å². The first kappa shape index (κ1) is 12.3. The molecule has 1 aliphatic carbocycles. The average molecular weight is 277 g/mol. The number of thiazole rings is 1. The molecular formula is C14H12FNO2S. The largest absolute Gasteiger partial charge is 0.481 e. The van der Waals surface area contributed by atoms with Crippen LogP contribution >= 0.6 is 11.3 Å². The van der Waals surface area contributed by atoms with Crippen LogP contribution in [0.5, 0.6) is 0 Å². The quantitative estimate of drug-likeness (QED) is 0.854. The lowest BCUT2D eigenvalue weighted by Gasteiger charge is -2.22. The number of aliphatic carboxylic acids is 1. The summed E-state index contributed by atoms with van der Waals surface area (Å²) in [6, 6.07) is 4.46. The SMILES string of the molecule is O=C(O)C1CC=CCC1c1nc2ccc(F)cc2s1. The van der Waals surface area contributed by atoms with Crippen molar-refractivity contribution in [2.24, 2.45) is 5.92 Å². The highest BCUT2D eigenvalue weighted by Gasteiger charge is 2.32. The Morgan fingerprint density at radius 1 is 1.37 bits per heavy atom. The third-order valence-corrected chi connectivity index (χ3v) is 4.58. The number of halogens is 1. The van der Waals surface area contributed by atoms with Gasteiger partial charge in [0.25, 0.3) is 0 Å². The van der Waals surface area contributed by atoms with E-state index in [4.69, 9.17) is 0 Å². The van der Waals surface area contributed by atoms with Crippen molar-refractivity contribution in [2.75, 3.05) is 0 Å². The average Bonchev–Trinajstić information content (AvgIpc) is 2.81. The van der Waals surface area contributed by atoms with Crippen molar-refractivity contribution in [3.63, 3.8) is 0 Å². The van der Waals surface area contributed by atoms with Crippen LogP contribution < -0.4 is 0 Å². The molecular weight excluding hydrogens is 265 g/mol. The molecule has 2 atom stereocenters. The van der Waals surface area contributed by atoms with Crippen molar-refractivity contribution in [2.45, 2.75) is 18.8 Å². The molecule has 2 aromatic rings. The number of aromatic nitrogens is 1. The predicted molar refractivity (Wildman–Crippen MR) is 71.8 cm³/mol. The van der Waals surface area contributed by atoms with Crippen LogP contribution in [0.2, 0.25) is 0 Å². The van der Waals surface area contributed by atoms with Crippen LogP contribution in [0.4, 0.5) is 4.39 Å². The maximum Gasteiger partial charge on any atom is 0.307 e. The lowest BCUT2D eigenvalue weighted by Crippen LogP contribution is -2.23. The van der Waals surface area contributed by atoms with Crippen molar-refractivity contribution in [3.05, 3.63) is 41.2 Å². The minimum Gasteiger partial charge on any atom is -0.481 e. The maximum atomic E-state index is 13.2. The number of carbonyl (C=O) groups is 1. The Morgan fingerprint density at radius 2 is 2.16 bits per heavy atom. The molecule has 5 heteroatoms. The van der Waals surface area contributed by atoms with E-state index in [0.717, 1.165) is 15.2 Å². The highest BCUT2D eigenvalue weighted by Crippen LogP contribution is 2.38. The number of rotatable bonds is 2. The molecule has 1 N–H and O–H groups in total. The minimum atomic E-state index is -0.792. The van der Waals surface area contributed by atoms with Crippen LogP contribution in [-0.2, 0) is 4.79 Å². The number of hydrogen-bond donors (Lipinski definition) is 1. The molecule has 3 rings (SSSR count). The first-order chi connectivity index (χ1) is 9.15. The zero-order chi connectivity index (χ0) is 13.4. The summed E-state index contributed by atoms with van der Waals surface area (Å²) in [6.45, 7) is 0. The van der Waals surface area contributed by atoms with Crippen LogP contribution in [0.1, 0.15) is 23.8 Å². The monoisotopic (exact) mass is 277 g/mol. The summed E-state index contributed by atoms with van der Waals surface area (Å²) in [5, 5.41) is 10.1. The Bertz CT molecular complexity index is 665. The highest BCUT2D eigenvalue weighted by atomic mass is 32.1. The lowest BCUT2D eigenvalue weighted by molar-refractivity contribution is -0.142. The minimum absolute atomic E-state index is 0.108. The fourth-order valence-corrected chi connectivity index (χ4v) is 3.61. The molecule has 1 aromatic carbocycles. The van der Waals surface area contributed by atoms with Gasteiger partial charge in [0.15, 0.2) is 0 Å². The number of carboxylic acids is 1. The van der Waals surface area contributed by atoms with Gasteiger partial charge in [-0.2, -0.15) is 0 Å². The summed E-state index contributed by atoms with van der Waals surface area (Å²) in [6.07, 6.45) is 5.11.